The fourth-order valence-electron chi connectivity index (χ4n) is 2.56. The fraction of sp³-hybridized carbons (Fsp3) is 0.200. The molecule has 3 rings (SSSR count). The molecule has 0 bridgehead atoms. The van der Waals surface area contributed by atoms with Crippen molar-refractivity contribution in [2.45, 2.75) is 13.0 Å². The van der Waals surface area contributed by atoms with Crippen molar-refractivity contribution in [3.8, 4) is 0 Å². The van der Waals surface area contributed by atoms with Crippen molar-refractivity contribution in [2.24, 2.45) is 5.73 Å². The summed E-state index contributed by atoms with van der Waals surface area (Å²) >= 11 is 0. The number of hydrogen-bond donors (Lipinski definition) is 1. The predicted molar refractivity (Wildman–Crippen MR) is 71.4 cm³/mol. The van der Waals surface area contributed by atoms with Crippen LogP contribution < -0.4 is 10.6 Å². The lowest BCUT2D eigenvalue weighted by atomic mass is 10.1. The molecule has 4 heteroatoms. The first-order chi connectivity index (χ1) is 9.20. The molecular formula is C15H14F2N2. The van der Waals surface area contributed by atoms with Crippen LogP contribution in [0.5, 0.6) is 0 Å². The smallest absolute Gasteiger partial charge is 0.150 e. The number of para-hydroxylation sites is 1. The molecule has 2 aromatic carbocycles. The number of hydrogen-bond acceptors (Lipinski definition) is 2. The lowest BCUT2D eigenvalue weighted by Gasteiger charge is -2.21. The Balaban J connectivity index is 2.10. The van der Waals surface area contributed by atoms with Gasteiger partial charge in [-0.15, -0.1) is 0 Å². The van der Waals surface area contributed by atoms with E-state index in [0.29, 0.717) is 12.1 Å². The summed E-state index contributed by atoms with van der Waals surface area (Å²) in [4.78, 5) is 1.69. The molecule has 0 spiro atoms. The quantitative estimate of drug-likeness (QED) is 0.899. The zero-order chi connectivity index (χ0) is 13.4. The molecule has 0 unspecified atom stereocenters. The van der Waals surface area contributed by atoms with Crippen molar-refractivity contribution in [1.29, 1.82) is 0 Å². The van der Waals surface area contributed by atoms with Crippen molar-refractivity contribution in [3.63, 3.8) is 0 Å². The van der Waals surface area contributed by atoms with E-state index in [1.165, 1.54) is 12.1 Å². The summed E-state index contributed by atoms with van der Waals surface area (Å²) in [6.45, 7) is 0.722. The van der Waals surface area contributed by atoms with E-state index in [1.807, 2.05) is 24.3 Å². The molecule has 2 aromatic rings. The van der Waals surface area contributed by atoms with Crippen molar-refractivity contribution in [2.75, 3.05) is 11.4 Å². The van der Waals surface area contributed by atoms with Crippen molar-refractivity contribution < 1.29 is 8.78 Å². The van der Waals surface area contributed by atoms with Gasteiger partial charge < -0.3 is 10.6 Å². The van der Waals surface area contributed by atoms with Crippen LogP contribution >= 0.6 is 0 Å². The number of anilines is 2. The average molecular weight is 260 g/mol. The molecule has 0 radical (unpaired) electrons. The zero-order valence-electron chi connectivity index (χ0n) is 10.4. The molecule has 1 aliphatic rings. The first kappa shape index (κ1) is 12.1. The Kier molecular flexibility index (Phi) is 2.95. The molecule has 0 aromatic heterocycles. The third kappa shape index (κ3) is 1.98. The molecule has 2 N–H and O–H groups in total. The molecule has 0 amide bonds. The summed E-state index contributed by atoms with van der Waals surface area (Å²) in [5.41, 5.74) is 7.89. The maximum absolute atomic E-state index is 14.1. The molecule has 1 aliphatic heterocycles. The van der Waals surface area contributed by atoms with E-state index in [1.54, 1.807) is 4.90 Å². The van der Waals surface area contributed by atoms with Gasteiger partial charge >= 0.3 is 0 Å². The van der Waals surface area contributed by atoms with Crippen LogP contribution in [0.3, 0.4) is 0 Å². The van der Waals surface area contributed by atoms with Crippen LogP contribution in [-0.4, -0.2) is 6.54 Å². The van der Waals surface area contributed by atoms with Gasteiger partial charge in [0.1, 0.15) is 17.3 Å². The average Bonchev–Trinajstić information content (AvgIpc) is 2.82. The number of benzene rings is 2. The van der Waals surface area contributed by atoms with Gasteiger partial charge in [-0.1, -0.05) is 18.2 Å². The van der Waals surface area contributed by atoms with Crippen LogP contribution in [0.4, 0.5) is 20.2 Å². The molecule has 0 saturated heterocycles. The second kappa shape index (κ2) is 4.63. The highest BCUT2D eigenvalue weighted by molar-refractivity contribution is 5.70. The van der Waals surface area contributed by atoms with E-state index in [0.717, 1.165) is 17.7 Å². The SMILES string of the molecule is NCc1cc(F)c(N2CCc3ccccc32)c(F)c1. The maximum Gasteiger partial charge on any atom is 0.150 e. The van der Waals surface area contributed by atoms with Gasteiger partial charge in [-0.25, -0.2) is 8.78 Å². The maximum atomic E-state index is 14.1. The molecule has 0 fully saturated rings. The number of nitrogens with zero attached hydrogens (tertiary/aromatic N) is 1. The number of nitrogens with two attached hydrogens (primary N) is 1. The molecule has 0 aliphatic carbocycles. The highest BCUT2D eigenvalue weighted by Crippen LogP contribution is 2.37. The zero-order valence-corrected chi connectivity index (χ0v) is 10.4. The lowest BCUT2D eigenvalue weighted by molar-refractivity contribution is 0.578. The lowest BCUT2D eigenvalue weighted by Crippen LogP contribution is -2.17. The molecule has 2 nitrogen and oxygen atoms in total. The first-order valence-electron chi connectivity index (χ1n) is 6.24. The largest absolute Gasteiger partial charge is 0.336 e. The van der Waals surface area contributed by atoms with Gasteiger partial charge in [0.15, 0.2) is 0 Å². The van der Waals surface area contributed by atoms with Gasteiger partial charge in [0.05, 0.1) is 0 Å². The van der Waals surface area contributed by atoms with Gasteiger partial charge in [-0.3, -0.25) is 0 Å². The number of fused-ring (bicyclic) bond motifs is 1. The summed E-state index contributed by atoms with van der Waals surface area (Å²) < 4.78 is 28.2. The minimum Gasteiger partial charge on any atom is -0.336 e. The Morgan fingerprint density at radius 3 is 2.47 bits per heavy atom. The second-order valence-electron chi connectivity index (χ2n) is 4.64. The van der Waals surface area contributed by atoms with Gasteiger partial charge in [-0.2, -0.15) is 0 Å². The number of rotatable bonds is 2. The Morgan fingerprint density at radius 1 is 1.11 bits per heavy atom. The van der Waals surface area contributed by atoms with Gasteiger partial charge in [0, 0.05) is 18.8 Å². The minimum absolute atomic E-state index is 0.0159. The van der Waals surface area contributed by atoms with E-state index in [2.05, 4.69) is 0 Å². The van der Waals surface area contributed by atoms with Crippen molar-refractivity contribution in [1.82, 2.24) is 0 Å². The van der Waals surface area contributed by atoms with Crippen molar-refractivity contribution >= 4 is 11.4 Å². The second-order valence-corrected chi connectivity index (χ2v) is 4.64. The van der Waals surface area contributed by atoms with E-state index >= 15 is 0 Å². The predicted octanol–water partition coefficient (Wildman–Crippen LogP) is 3.12. The summed E-state index contributed by atoms with van der Waals surface area (Å²) in [7, 11) is 0. The van der Waals surface area contributed by atoms with Crippen LogP contribution in [-0.2, 0) is 13.0 Å². The van der Waals surface area contributed by atoms with Crippen LogP contribution in [0.1, 0.15) is 11.1 Å². The van der Waals surface area contributed by atoms with Gasteiger partial charge in [0.25, 0.3) is 0 Å². The molecule has 0 saturated carbocycles. The Labute approximate surface area is 110 Å². The summed E-state index contributed by atoms with van der Waals surface area (Å²) in [6, 6.07) is 10.3. The van der Waals surface area contributed by atoms with Gasteiger partial charge in [0.2, 0.25) is 0 Å². The first-order valence-corrected chi connectivity index (χ1v) is 6.24. The molecule has 19 heavy (non-hydrogen) atoms. The van der Waals surface area contributed by atoms with Crippen LogP contribution in [0.25, 0.3) is 0 Å². The summed E-state index contributed by atoms with van der Waals surface area (Å²) in [5.74, 6) is -1.12. The van der Waals surface area contributed by atoms with E-state index < -0.39 is 11.6 Å². The molecule has 98 valence electrons. The topological polar surface area (TPSA) is 29.3 Å². The van der Waals surface area contributed by atoms with E-state index in [4.69, 9.17) is 5.73 Å². The van der Waals surface area contributed by atoms with Crippen LogP contribution in [0.2, 0.25) is 0 Å². The molecule has 0 atom stereocenters. The van der Waals surface area contributed by atoms with E-state index in [9.17, 15) is 8.78 Å². The standard InChI is InChI=1S/C15H14F2N2/c16-12-7-10(9-18)8-13(17)15(12)19-6-5-11-3-1-2-4-14(11)19/h1-4,7-8H,5-6,9,18H2. The van der Waals surface area contributed by atoms with Crippen LogP contribution in [0.15, 0.2) is 36.4 Å². The molecule has 1 heterocycles. The number of halogens is 2. The third-order valence-corrected chi connectivity index (χ3v) is 3.47. The Bertz CT molecular complexity index is 602. The Morgan fingerprint density at radius 2 is 1.79 bits per heavy atom. The Hall–Kier alpha value is -1.94. The van der Waals surface area contributed by atoms with E-state index in [-0.39, 0.29) is 12.2 Å². The monoisotopic (exact) mass is 260 g/mol. The minimum atomic E-state index is -0.558. The summed E-state index contributed by atoms with van der Waals surface area (Å²) in [5, 5.41) is 0. The normalized spacial score (nSPS) is 13.7. The van der Waals surface area contributed by atoms with Gasteiger partial charge in [-0.05, 0) is 35.7 Å². The third-order valence-electron chi connectivity index (χ3n) is 3.47. The summed E-state index contributed by atoms with van der Waals surface area (Å²) in [6.07, 6.45) is 0.799. The highest BCUT2D eigenvalue weighted by atomic mass is 19.1. The van der Waals surface area contributed by atoms with Crippen LogP contribution in [0, 0.1) is 11.6 Å². The fourth-order valence-corrected chi connectivity index (χ4v) is 2.56. The van der Waals surface area contributed by atoms with Crippen molar-refractivity contribution in [3.05, 3.63) is 59.2 Å². The highest BCUT2D eigenvalue weighted by Gasteiger charge is 2.25. The molecular weight excluding hydrogens is 246 g/mol.